The molecule has 1 saturated heterocycles. The van der Waals surface area contributed by atoms with E-state index in [0.717, 1.165) is 17.0 Å². The first-order chi connectivity index (χ1) is 12.8. The third kappa shape index (κ3) is 4.31. The number of aliphatic hydroxyl groups excluding tert-OH is 1. The molecule has 2 aliphatic rings. The van der Waals surface area contributed by atoms with Crippen LogP contribution >= 0.6 is 0 Å². The molecule has 3 rings (SSSR count). The van der Waals surface area contributed by atoms with Crippen molar-refractivity contribution in [2.24, 2.45) is 0 Å². The second-order valence-electron chi connectivity index (χ2n) is 6.41. The number of carbonyl (C=O) groups excluding carboxylic acids is 2. The van der Waals surface area contributed by atoms with E-state index in [4.69, 9.17) is 4.18 Å². The molecule has 0 aliphatic carbocycles. The Morgan fingerprint density at radius 1 is 1.34 bits per heavy atom. The first kappa shape index (κ1) is 23.7. The van der Waals surface area contributed by atoms with Crippen LogP contribution in [0, 0.1) is 6.92 Å². The second kappa shape index (κ2) is 7.91. The number of fused-ring (bicyclic) bond motifs is 1. The molecule has 1 N–H and O–H groups in total. The summed E-state index contributed by atoms with van der Waals surface area (Å²) in [5, 5.41) is 20.8. The second-order valence-corrected chi connectivity index (χ2v) is 7.92. The van der Waals surface area contributed by atoms with E-state index < -0.39 is 62.2 Å². The summed E-state index contributed by atoms with van der Waals surface area (Å²) in [6.45, 7) is 1.41. The van der Waals surface area contributed by atoms with Gasteiger partial charge in [0.2, 0.25) is 5.91 Å². The van der Waals surface area contributed by atoms with Crippen LogP contribution in [0.4, 0.5) is 13.2 Å². The molecule has 2 unspecified atom stereocenters. The molecule has 1 aromatic carbocycles. The van der Waals surface area contributed by atoms with E-state index >= 15 is 0 Å². The van der Waals surface area contributed by atoms with E-state index in [9.17, 15) is 41.4 Å². The van der Waals surface area contributed by atoms with Crippen LogP contribution in [0.1, 0.15) is 30.1 Å². The molecule has 0 radical (unpaired) electrons. The molecule has 29 heavy (non-hydrogen) atoms. The van der Waals surface area contributed by atoms with Crippen LogP contribution in [0.3, 0.4) is 0 Å². The Balaban J connectivity index is 0.00000300. The van der Waals surface area contributed by atoms with Crippen LogP contribution in [0.25, 0.3) is 0 Å². The predicted octanol–water partition coefficient (Wildman–Crippen LogP) is -2.73. The van der Waals surface area contributed by atoms with Crippen molar-refractivity contribution >= 4 is 22.0 Å². The quantitative estimate of drug-likeness (QED) is 0.298. The molecule has 1 amide bonds. The molecule has 1 fully saturated rings. The molecule has 13 heteroatoms. The van der Waals surface area contributed by atoms with Gasteiger partial charge in [0.15, 0.2) is 6.10 Å². The van der Waals surface area contributed by atoms with Gasteiger partial charge in [0.25, 0.3) is 0 Å². The zero-order valence-electron chi connectivity index (χ0n) is 15.2. The number of halogens is 3. The number of nitrogens with zero attached hydrogens (tertiary/aromatic N) is 1. The number of rotatable bonds is 5. The Labute approximate surface area is 185 Å². The Morgan fingerprint density at radius 3 is 2.48 bits per heavy atom. The maximum Gasteiger partial charge on any atom is 1.00 e. The molecule has 0 bridgehead atoms. The molecule has 2 atom stereocenters. The van der Waals surface area contributed by atoms with Gasteiger partial charge in [0, 0.05) is 18.4 Å². The number of carbonyl (C=O) groups is 2. The summed E-state index contributed by atoms with van der Waals surface area (Å²) in [6, 6.07) is 2.23. The van der Waals surface area contributed by atoms with Crippen molar-refractivity contribution in [1.82, 2.24) is 4.90 Å². The predicted molar refractivity (Wildman–Crippen MR) is 82.4 cm³/mol. The van der Waals surface area contributed by atoms with E-state index in [0.29, 0.717) is 0 Å². The van der Waals surface area contributed by atoms with E-state index in [1.165, 1.54) is 13.0 Å². The third-order valence-electron chi connectivity index (χ3n) is 4.42. The van der Waals surface area contributed by atoms with Gasteiger partial charge in [-0.1, -0.05) is 12.1 Å². The average molecular weight is 443 g/mol. The minimum absolute atomic E-state index is 0. The van der Waals surface area contributed by atoms with Crippen molar-refractivity contribution in [1.29, 1.82) is 0 Å². The Bertz CT molecular complexity index is 1010. The molecule has 2 heterocycles. The smallest absolute Gasteiger partial charge is 0.543 e. The van der Waals surface area contributed by atoms with Gasteiger partial charge in [-0.05, 0) is 18.6 Å². The van der Waals surface area contributed by atoms with Gasteiger partial charge in [-0.2, -0.15) is 21.6 Å². The largest absolute Gasteiger partial charge is 1.00 e. The fraction of sp³-hybridized carbons (Fsp3) is 0.375. The number of alkyl halides is 3. The van der Waals surface area contributed by atoms with Crippen LogP contribution in [0.5, 0.6) is 0 Å². The zero-order chi connectivity index (χ0) is 21.0. The average Bonchev–Trinajstić information content (AvgIpc) is 2.85. The molecule has 0 aromatic heterocycles. The van der Waals surface area contributed by atoms with Crippen molar-refractivity contribution in [3.8, 4) is 0 Å². The summed E-state index contributed by atoms with van der Waals surface area (Å²) in [5.74, 6) is -3.02. The molecular weight excluding hydrogens is 430 g/mol. The topological polar surface area (TPSA) is 124 Å². The van der Waals surface area contributed by atoms with Gasteiger partial charge >= 0.3 is 45.9 Å². The van der Waals surface area contributed by atoms with Gasteiger partial charge in [0.1, 0.15) is 16.4 Å². The monoisotopic (exact) mass is 443 g/mol. The van der Waals surface area contributed by atoms with Crippen LogP contribution in [-0.4, -0.2) is 42.5 Å². The van der Waals surface area contributed by atoms with Gasteiger partial charge in [-0.25, -0.2) is 0 Å². The van der Waals surface area contributed by atoms with E-state index in [-0.39, 0.29) is 48.0 Å². The van der Waals surface area contributed by atoms with E-state index in [1.54, 1.807) is 0 Å². The molecule has 1 aromatic rings. The fourth-order valence-corrected chi connectivity index (χ4v) is 4.42. The van der Waals surface area contributed by atoms with Crippen molar-refractivity contribution in [2.45, 2.75) is 43.0 Å². The van der Waals surface area contributed by atoms with E-state index in [1.807, 2.05) is 0 Å². The summed E-state index contributed by atoms with van der Waals surface area (Å²) >= 11 is 0. The van der Waals surface area contributed by atoms with Gasteiger partial charge in [-0.3, -0.25) is 4.79 Å². The van der Waals surface area contributed by atoms with Gasteiger partial charge in [0.05, 0.1) is 12.0 Å². The number of aliphatic hydroxyl groups is 1. The number of aryl methyl sites for hydroxylation is 1. The molecular formula is C16H13F3NNaO7S. The maximum absolute atomic E-state index is 12.9. The third-order valence-corrected chi connectivity index (χ3v) is 5.73. The number of carboxylic acids is 1. The fourth-order valence-electron chi connectivity index (χ4n) is 3.12. The number of hydrogen-bond acceptors (Lipinski definition) is 7. The molecule has 2 aliphatic heterocycles. The standard InChI is InChI=1S/C16H14F3NO7S.Na/c1-7-2-3-9(14(22)16(17,18)19)11(4-7)28(25,26)27-10-5-8-6-12(21)20(8)13(10)15(23)24;/h2-4,8,14,22H,5-6H2,1H3,(H,23,24);/q;+1/p-1. The molecule has 0 saturated carbocycles. The molecule has 0 spiro atoms. The van der Waals surface area contributed by atoms with Crippen LogP contribution < -0.4 is 34.7 Å². The van der Waals surface area contributed by atoms with Crippen LogP contribution in [0.2, 0.25) is 0 Å². The van der Waals surface area contributed by atoms with Crippen molar-refractivity contribution in [2.75, 3.05) is 0 Å². The summed E-state index contributed by atoms with van der Waals surface area (Å²) in [7, 11) is -4.95. The van der Waals surface area contributed by atoms with Crippen molar-refractivity contribution in [3.05, 3.63) is 40.8 Å². The van der Waals surface area contributed by atoms with Crippen LogP contribution in [0.15, 0.2) is 34.6 Å². The first-order valence-electron chi connectivity index (χ1n) is 7.89. The summed E-state index contributed by atoms with van der Waals surface area (Å²) in [5.41, 5.74) is -1.47. The summed E-state index contributed by atoms with van der Waals surface area (Å²) in [6.07, 6.45) is -8.50. The number of benzene rings is 1. The van der Waals surface area contributed by atoms with Crippen molar-refractivity contribution < 1.29 is 75.1 Å². The molecule has 152 valence electrons. The number of β-lactam (4-membered cyclic amide) rings is 1. The van der Waals surface area contributed by atoms with Crippen molar-refractivity contribution in [3.63, 3.8) is 0 Å². The van der Waals surface area contributed by atoms with Crippen LogP contribution in [-0.2, 0) is 23.9 Å². The maximum atomic E-state index is 12.9. The number of carboxylic acid groups (broad SMARTS) is 1. The normalized spacial score (nSPS) is 20.0. The van der Waals surface area contributed by atoms with E-state index in [2.05, 4.69) is 0 Å². The number of hydrogen-bond donors (Lipinski definition) is 1. The SMILES string of the molecule is Cc1ccc(C(O)C(F)(F)F)c(S(=O)(=O)OC2=C(C(=O)[O-])N3C(=O)CC3C2)c1.[Na+]. The first-order valence-corrected chi connectivity index (χ1v) is 9.30. The van der Waals surface area contributed by atoms with Gasteiger partial charge in [-0.15, -0.1) is 0 Å². The Hall–Kier alpha value is -1.60. The Kier molecular flexibility index (Phi) is 6.46. The number of amides is 1. The summed E-state index contributed by atoms with van der Waals surface area (Å²) < 4.78 is 68.8. The zero-order valence-corrected chi connectivity index (χ0v) is 18.0. The van der Waals surface area contributed by atoms with Gasteiger partial charge < -0.3 is 24.1 Å². The number of aliphatic carboxylic acids is 1. The Morgan fingerprint density at radius 2 is 1.97 bits per heavy atom. The summed E-state index contributed by atoms with van der Waals surface area (Å²) in [4.78, 5) is 22.7. The minimum Gasteiger partial charge on any atom is -0.543 e. The molecule has 8 nitrogen and oxygen atoms in total. The minimum atomic E-state index is -5.14.